The number of rotatable bonds is 5. The van der Waals surface area contributed by atoms with E-state index in [0.29, 0.717) is 0 Å². The third-order valence-electron chi connectivity index (χ3n) is 2.85. The molecular formula is C15H23N3O2. The van der Waals surface area contributed by atoms with E-state index < -0.39 is 12.1 Å². The predicted octanol–water partition coefficient (Wildman–Crippen LogP) is 1.96. The summed E-state index contributed by atoms with van der Waals surface area (Å²) in [6, 6.07) is 8.95. The van der Waals surface area contributed by atoms with Crippen LogP contribution in [-0.2, 0) is 4.79 Å². The number of benzene rings is 1. The van der Waals surface area contributed by atoms with Gasteiger partial charge in [-0.3, -0.25) is 15.4 Å². The molecular weight excluding hydrogens is 254 g/mol. The summed E-state index contributed by atoms with van der Waals surface area (Å²) in [6.45, 7) is 7.39. The van der Waals surface area contributed by atoms with Crippen molar-refractivity contribution in [3.63, 3.8) is 0 Å². The smallest absolute Gasteiger partial charge is 0.321 e. The number of nitrogens with one attached hydrogen (secondary N) is 3. The second kappa shape index (κ2) is 7.65. The lowest BCUT2D eigenvalue weighted by Crippen LogP contribution is -2.49. The summed E-state index contributed by atoms with van der Waals surface area (Å²) in [6.07, 6.45) is 0. The summed E-state index contributed by atoms with van der Waals surface area (Å²) in [7, 11) is 0. The first kappa shape index (κ1) is 16.2. The maximum Gasteiger partial charge on any atom is 0.321 e. The molecule has 0 saturated heterocycles. The Morgan fingerprint density at radius 1 is 1.00 bits per heavy atom. The molecule has 0 spiro atoms. The van der Waals surface area contributed by atoms with E-state index >= 15 is 0 Å². The van der Waals surface area contributed by atoms with Gasteiger partial charge in [0, 0.05) is 12.1 Å². The Labute approximate surface area is 120 Å². The summed E-state index contributed by atoms with van der Waals surface area (Å²) in [5, 5.41) is 8.09. The molecule has 0 fully saturated rings. The van der Waals surface area contributed by atoms with Crippen LogP contribution in [0.4, 0.5) is 4.79 Å². The normalized spacial score (nSPS) is 13.7. The van der Waals surface area contributed by atoms with Gasteiger partial charge in [-0.15, -0.1) is 0 Å². The van der Waals surface area contributed by atoms with Crippen molar-refractivity contribution in [2.45, 2.75) is 45.8 Å². The van der Waals surface area contributed by atoms with E-state index in [1.165, 1.54) is 0 Å². The number of hydrogen-bond acceptors (Lipinski definition) is 3. The average molecular weight is 277 g/mol. The summed E-state index contributed by atoms with van der Waals surface area (Å²) >= 11 is 0. The number of carbonyl (C=O) groups excluding carboxylic acids is 2. The Morgan fingerprint density at radius 2 is 1.60 bits per heavy atom. The van der Waals surface area contributed by atoms with Gasteiger partial charge in [-0.2, -0.15) is 0 Å². The Balaban J connectivity index is 2.47. The van der Waals surface area contributed by atoms with Crippen molar-refractivity contribution in [3.05, 3.63) is 35.9 Å². The van der Waals surface area contributed by atoms with Crippen LogP contribution < -0.4 is 16.0 Å². The van der Waals surface area contributed by atoms with Crippen molar-refractivity contribution in [1.82, 2.24) is 16.0 Å². The van der Waals surface area contributed by atoms with E-state index in [1.54, 1.807) is 6.92 Å². The quantitative estimate of drug-likeness (QED) is 0.770. The van der Waals surface area contributed by atoms with Crippen molar-refractivity contribution in [2.75, 3.05) is 0 Å². The van der Waals surface area contributed by atoms with Gasteiger partial charge in [-0.25, -0.2) is 4.79 Å². The molecule has 5 heteroatoms. The summed E-state index contributed by atoms with van der Waals surface area (Å²) in [5.41, 5.74) is 1.10. The highest BCUT2D eigenvalue weighted by Gasteiger charge is 2.18. The molecule has 0 saturated carbocycles. The first-order valence-corrected chi connectivity index (χ1v) is 6.82. The number of amides is 3. The summed E-state index contributed by atoms with van der Waals surface area (Å²) in [4.78, 5) is 23.3. The molecule has 3 amide bonds. The molecule has 110 valence electrons. The molecule has 2 atom stereocenters. The molecule has 3 N–H and O–H groups in total. The lowest BCUT2D eigenvalue weighted by atomic mass is 10.1. The molecule has 0 aromatic heterocycles. The fourth-order valence-corrected chi connectivity index (χ4v) is 1.81. The van der Waals surface area contributed by atoms with Gasteiger partial charge in [0.25, 0.3) is 0 Å². The van der Waals surface area contributed by atoms with Crippen molar-refractivity contribution in [3.8, 4) is 0 Å². The van der Waals surface area contributed by atoms with Gasteiger partial charge in [0.05, 0.1) is 6.04 Å². The van der Waals surface area contributed by atoms with Crippen LogP contribution in [-0.4, -0.2) is 24.0 Å². The van der Waals surface area contributed by atoms with Crippen LogP contribution in [0.3, 0.4) is 0 Å². The van der Waals surface area contributed by atoms with Crippen LogP contribution in [0.15, 0.2) is 30.3 Å². The van der Waals surface area contributed by atoms with E-state index in [9.17, 15) is 9.59 Å². The van der Waals surface area contributed by atoms with Crippen molar-refractivity contribution < 1.29 is 9.59 Å². The van der Waals surface area contributed by atoms with E-state index in [2.05, 4.69) is 16.0 Å². The Morgan fingerprint density at radius 3 is 2.15 bits per heavy atom. The molecule has 0 bridgehead atoms. The van der Waals surface area contributed by atoms with Gasteiger partial charge in [0.1, 0.15) is 0 Å². The molecule has 20 heavy (non-hydrogen) atoms. The zero-order valence-electron chi connectivity index (χ0n) is 12.4. The molecule has 1 aromatic rings. The van der Waals surface area contributed by atoms with Crippen LogP contribution in [0.2, 0.25) is 0 Å². The number of imide groups is 1. The molecule has 0 unspecified atom stereocenters. The Hall–Kier alpha value is -1.88. The Kier molecular flexibility index (Phi) is 6.18. The average Bonchev–Trinajstić information content (AvgIpc) is 2.38. The topological polar surface area (TPSA) is 70.2 Å². The maximum atomic E-state index is 11.9. The van der Waals surface area contributed by atoms with Crippen LogP contribution >= 0.6 is 0 Å². The third kappa shape index (κ3) is 5.40. The predicted molar refractivity (Wildman–Crippen MR) is 79.3 cm³/mol. The lowest BCUT2D eigenvalue weighted by Gasteiger charge is -2.20. The first-order valence-electron chi connectivity index (χ1n) is 6.82. The van der Waals surface area contributed by atoms with Crippen LogP contribution in [0.1, 0.15) is 39.3 Å². The summed E-state index contributed by atoms with van der Waals surface area (Å²) in [5.74, 6) is -0.342. The van der Waals surface area contributed by atoms with Crippen molar-refractivity contribution >= 4 is 11.9 Å². The molecule has 0 heterocycles. The Bertz CT molecular complexity index is 446. The standard InChI is InChI=1S/C15H23N3O2/c1-10(2)16-15(20)18-14(19)12(4)17-11(3)13-8-6-5-7-9-13/h5-12,17H,1-4H3,(H2,16,18,19,20)/t11-,12+/m0/s1. The highest BCUT2D eigenvalue weighted by Crippen LogP contribution is 2.11. The highest BCUT2D eigenvalue weighted by molar-refractivity contribution is 5.96. The minimum absolute atomic E-state index is 0.00527. The van der Waals surface area contributed by atoms with Gasteiger partial charge in [0.15, 0.2) is 0 Å². The fraction of sp³-hybridized carbons (Fsp3) is 0.467. The fourth-order valence-electron chi connectivity index (χ4n) is 1.81. The van der Waals surface area contributed by atoms with E-state index in [0.717, 1.165) is 5.56 Å². The minimum Gasteiger partial charge on any atom is -0.336 e. The molecule has 1 aromatic carbocycles. The van der Waals surface area contributed by atoms with Gasteiger partial charge < -0.3 is 5.32 Å². The maximum absolute atomic E-state index is 11.9. The van der Waals surface area contributed by atoms with Gasteiger partial charge >= 0.3 is 6.03 Å². The second-order valence-corrected chi connectivity index (χ2v) is 5.14. The van der Waals surface area contributed by atoms with Crippen molar-refractivity contribution in [1.29, 1.82) is 0 Å². The van der Waals surface area contributed by atoms with E-state index in [1.807, 2.05) is 51.1 Å². The zero-order chi connectivity index (χ0) is 15.1. The van der Waals surface area contributed by atoms with Crippen molar-refractivity contribution in [2.24, 2.45) is 0 Å². The first-order chi connectivity index (χ1) is 9.40. The number of carbonyl (C=O) groups is 2. The largest absolute Gasteiger partial charge is 0.336 e. The second-order valence-electron chi connectivity index (χ2n) is 5.14. The molecule has 0 radical (unpaired) electrons. The van der Waals surface area contributed by atoms with E-state index in [4.69, 9.17) is 0 Å². The summed E-state index contributed by atoms with van der Waals surface area (Å²) < 4.78 is 0. The number of urea groups is 1. The minimum atomic E-state index is -0.467. The van der Waals surface area contributed by atoms with E-state index in [-0.39, 0.29) is 18.0 Å². The molecule has 0 aliphatic heterocycles. The molecule has 0 aliphatic carbocycles. The third-order valence-corrected chi connectivity index (χ3v) is 2.85. The van der Waals surface area contributed by atoms with Crippen LogP contribution in [0.25, 0.3) is 0 Å². The van der Waals surface area contributed by atoms with Crippen LogP contribution in [0.5, 0.6) is 0 Å². The zero-order valence-corrected chi connectivity index (χ0v) is 12.4. The monoisotopic (exact) mass is 277 g/mol. The highest BCUT2D eigenvalue weighted by atomic mass is 16.2. The molecule has 1 rings (SSSR count). The van der Waals surface area contributed by atoms with Gasteiger partial charge in [0.2, 0.25) is 5.91 Å². The van der Waals surface area contributed by atoms with Crippen LogP contribution in [0, 0.1) is 0 Å². The molecule has 5 nitrogen and oxygen atoms in total. The number of hydrogen-bond donors (Lipinski definition) is 3. The van der Waals surface area contributed by atoms with Gasteiger partial charge in [-0.1, -0.05) is 30.3 Å². The SMILES string of the molecule is CC(C)NC(=O)NC(=O)[C@@H](C)N[C@@H](C)c1ccccc1. The van der Waals surface area contributed by atoms with Gasteiger partial charge in [-0.05, 0) is 33.3 Å². The molecule has 0 aliphatic rings. The lowest BCUT2D eigenvalue weighted by molar-refractivity contribution is -0.121.